The molecule has 7 nitrogen and oxygen atoms in total. The van der Waals surface area contributed by atoms with Gasteiger partial charge in [-0.3, -0.25) is 9.78 Å². The molecule has 0 aliphatic heterocycles. The van der Waals surface area contributed by atoms with Crippen LogP contribution in [0.4, 0.5) is 4.79 Å². The Kier molecular flexibility index (Phi) is 5.63. The van der Waals surface area contributed by atoms with Crippen LogP contribution in [0, 0.1) is 0 Å². The van der Waals surface area contributed by atoms with Crippen molar-refractivity contribution in [2.45, 2.75) is 39.8 Å². The number of H-pyrrole nitrogens is 1. The summed E-state index contributed by atoms with van der Waals surface area (Å²) < 4.78 is 15.4. The highest BCUT2D eigenvalue weighted by Crippen LogP contribution is 2.33. The van der Waals surface area contributed by atoms with Crippen LogP contribution in [0.15, 0.2) is 10.9 Å². The van der Waals surface area contributed by atoms with E-state index in [1.807, 2.05) is 27.7 Å². The number of carbonyl (C=O) groups excluding carboxylic acids is 1. The standard InChI is InChI=1S/C14H22N2O5/c1-8(2)16(9(3)4)14(18)21-10-7-11(17)15-13(20-6)12(10)19-5/h7-9H,1-6H3,(H,15,17). The fourth-order valence-corrected chi connectivity index (χ4v) is 2.08. The second-order valence-corrected chi connectivity index (χ2v) is 5.03. The molecule has 0 atom stereocenters. The molecule has 0 aliphatic rings. The number of hydrogen-bond acceptors (Lipinski definition) is 5. The van der Waals surface area contributed by atoms with E-state index in [9.17, 15) is 9.59 Å². The van der Waals surface area contributed by atoms with Crippen molar-refractivity contribution in [3.63, 3.8) is 0 Å². The summed E-state index contributed by atoms with van der Waals surface area (Å²) in [5, 5.41) is 0. The summed E-state index contributed by atoms with van der Waals surface area (Å²) >= 11 is 0. The van der Waals surface area contributed by atoms with Crippen molar-refractivity contribution < 1.29 is 19.0 Å². The number of hydrogen-bond donors (Lipinski definition) is 1. The van der Waals surface area contributed by atoms with Gasteiger partial charge in [0, 0.05) is 12.1 Å². The summed E-state index contributed by atoms with van der Waals surface area (Å²) in [5.41, 5.74) is -0.448. The molecule has 0 saturated carbocycles. The summed E-state index contributed by atoms with van der Waals surface area (Å²) in [6.07, 6.45) is -0.550. The van der Waals surface area contributed by atoms with Crippen LogP contribution in [-0.4, -0.2) is 42.3 Å². The molecule has 1 rings (SSSR count). The smallest absolute Gasteiger partial charge is 0.415 e. The number of nitrogens with one attached hydrogen (secondary N) is 1. The first kappa shape index (κ1) is 16.9. The number of rotatable bonds is 5. The normalized spacial score (nSPS) is 10.7. The number of carbonyl (C=O) groups is 1. The third kappa shape index (κ3) is 3.90. The van der Waals surface area contributed by atoms with Gasteiger partial charge in [0.25, 0.3) is 5.56 Å². The molecule has 0 aromatic carbocycles. The monoisotopic (exact) mass is 298 g/mol. The van der Waals surface area contributed by atoms with Gasteiger partial charge in [0.05, 0.1) is 20.3 Å². The number of aromatic amines is 1. The molecule has 7 heteroatoms. The second-order valence-electron chi connectivity index (χ2n) is 5.03. The zero-order valence-corrected chi connectivity index (χ0v) is 13.2. The predicted octanol–water partition coefficient (Wildman–Crippen LogP) is 2.01. The maximum Gasteiger partial charge on any atom is 0.415 e. The van der Waals surface area contributed by atoms with Crippen molar-refractivity contribution in [1.29, 1.82) is 0 Å². The molecule has 21 heavy (non-hydrogen) atoms. The minimum Gasteiger partial charge on any atom is -0.489 e. The third-order valence-corrected chi connectivity index (χ3v) is 2.86. The maximum atomic E-state index is 12.3. The zero-order chi connectivity index (χ0) is 16.2. The largest absolute Gasteiger partial charge is 0.489 e. The number of aromatic nitrogens is 1. The van der Waals surface area contributed by atoms with Gasteiger partial charge in [0.15, 0.2) is 5.75 Å². The van der Waals surface area contributed by atoms with Gasteiger partial charge in [-0.15, -0.1) is 0 Å². The van der Waals surface area contributed by atoms with Gasteiger partial charge in [-0.2, -0.15) is 0 Å². The molecule has 0 saturated heterocycles. The van der Waals surface area contributed by atoms with Gasteiger partial charge in [0.1, 0.15) is 0 Å². The highest BCUT2D eigenvalue weighted by Gasteiger charge is 2.24. The molecular formula is C14H22N2O5. The molecule has 1 N–H and O–H groups in total. The van der Waals surface area contributed by atoms with Crippen LogP contribution in [0.1, 0.15) is 27.7 Å². The Bertz CT molecular complexity index is 543. The summed E-state index contributed by atoms with van der Waals surface area (Å²) in [6.45, 7) is 7.54. The molecule has 1 aromatic heterocycles. The van der Waals surface area contributed by atoms with Crippen molar-refractivity contribution in [3.05, 3.63) is 16.4 Å². The Hall–Kier alpha value is -2.18. The molecule has 0 aliphatic carbocycles. The molecule has 118 valence electrons. The van der Waals surface area contributed by atoms with Crippen LogP contribution in [-0.2, 0) is 0 Å². The molecule has 0 radical (unpaired) electrons. The second kappa shape index (κ2) is 7.01. The SMILES string of the molecule is COc1[nH]c(=O)cc(OC(=O)N(C(C)C)C(C)C)c1OC. The van der Waals surface area contributed by atoms with Crippen molar-refractivity contribution in [3.8, 4) is 17.4 Å². The van der Waals surface area contributed by atoms with E-state index >= 15 is 0 Å². The lowest BCUT2D eigenvalue weighted by Gasteiger charge is -2.29. The predicted molar refractivity (Wildman–Crippen MR) is 78.3 cm³/mol. The van der Waals surface area contributed by atoms with E-state index in [4.69, 9.17) is 14.2 Å². The fourth-order valence-electron chi connectivity index (χ4n) is 2.08. The molecular weight excluding hydrogens is 276 g/mol. The van der Waals surface area contributed by atoms with Gasteiger partial charge < -0.3 is 19.1 Å². The first-order valence-electron chi connectivity index (χ1n) is 6.67. The van der Waals surface area contributed by atoms with Gasteiger partial charge >= 0.3 is 6.09 Å². The van der Waals surface area contributed by atoms with Gasteiger partial charge in [-0.05, 0) is 27.7 Å². The third-order valence-electron chi connectivity index (χ3n) is 2.86. The van der Waals surface area contributed by atoms with Gasteiger partial charge in [0.2, 0.25) is 11.6 Å². The van der Waals surface area contributed by atoms with Crippen LogP contribution in [0.3, 0.4) is 0 Å². The first-order chi connectivity index (χ1) is 9.81. The summed E-state index contributed by atoms with van der Waals surface area (Å²) in [4.78, 5) is 27.9. The Morgan fingerprint density at radius 1 is 1.14 bits per heavy atom. The van der Waals surface area contributed by atoms with Gasteiger partial charge in [-0.1, -0.05) is 0 Å². The highest BCUT2D eigenvalue weighted by atomic mass is 16.6. The van der Waals surface area contributed by atoms with Crippen molar-refractivity contribution in [2.24, 2.45) is 0 Å². The van der Waals surface area contributed by atoms with E-state index in [0.29, 0.717) is 0 Å². The quantitative estimate of drug-likeness (QED) is 0.899. The summed E-state index contributed by atoms with van der Waals surface area (Å²) in [7, 11) is 2.78. The Morgan fingerprint density at radius 3 is 2.14 bits per heavy atom. The molecule has 1 amide bonds. The van der Waals surface area contributed by atoms with E-state index < -0.39 is 11.7 Å². The molecule has 0 unspecified atom stereocenters. The molecule has 1 aromatic rings. The molecule has 0 fully saturated rings. The van der Waals surface area contributed by atoms with E-state index in [2.05, 4.69) is 4.98 Å². The van der Waals surface area contributed by atoms with Crippen LogP contribution >= 0.6 is 0 Å². The maximum absolute atomic E-state index is 12.3. The van der Waals surface area contributed by atoms with Crippen molar-refractivity contribution >= 4 is 6.09 Å². The average molecular weight is 298 g/mol. The topological polar surface area (TPSA) is 80.9 Å². The Balaban J connectivity index is 3.15. The van der Waals surface area contributed by atoms with Crippen molar-refractivity contribution in [2.75, 3.05) is 14.2 Å². The lowest BCUT2D eigenvalue weighted by Crippen LogP contribution is -2.43. The number of pyridine rings is 1. The summed E-state index contributed by atoms with van der Waals surface area (Å²) in [5.74, 6) is 0.292. The van der Waals surface area contributed by atoms with Gasteiger partial charge in [-0.25, -0.2) is 4.79 Å². The number of ether oxygens (including phenoxy) is 3. The minimum atomic E-state index is -0.550. The van der Waals surface area contributed by atoms with Crippen molar-refractivity contribution in [1.82, 2.24) is 9.88 Å². The van der Waals surface area contributed by atoms with Crippen LogP contribution < -0.4 is 19.8 Å². The molecule has 0 spiro atoms. The zero-order valence-electron chi connectivity index (χ0n) is 13.2. The average Bonchev–Trinajstić information content (AvgIpc) is 2.36. The minimum absolute atomic E-state index is 0.0226. The van der Waals surface area contributed by atoms with E-state index in [-0.39, 0.29) is 29.5 Å². The number of methoxy groups -OCH3 is 2. The highest BCUT2D eigenvalue weighted by molar-refractivity contribution is 5.72. The first-order valence-corrected chi connectivity index (χ1v) is 6.67. The van der Waals surface area contributed by atoms with E-state index in [0.717, 1.165) is 6.07 Å². The van der Waals surface area contributed by atoms with Crippen LogP contribution in [0.2, 0.25) is 0 Å². The van der Waals surface area contributed by atoms with Crippen LogP contribution in [0.5, 0.6) is 17.4 Å². The number of amides is 1. The summed E-state index contributed by atoms with van der Waals surface area (Å²) in [6, 6.07) is 1.08. The molecule has 0 bridgehead atoms. The lowest BCUT2D eigenvalue weighted by molar-refractivity contribution is 0.121. The van der Waals surface area contributed by atoms with E-state index in [1.54, 1.807) is 4.90 Å². The lowest BCUT2D eigenvalue weighted by atomic mass is 10.2. The molecule has 1 heterocycles. The fraction of sp³-hybridized carbons (Fsp3) is 0.571. The Morgan fingerprint density at radius 2 is 1.71 bits per heavy atom. The Labute approximate surface area is 123 Å². The van der Waals surface area contributed by atoms with E-state index in [1.165, 1.54) is 14.2 Å². The number of nitrogens with zero attached hydrogens (tertiary/aromatic N) is 1. The van der Waals surface area contributed by atoms with Crippen LogP contribution in [0.25, 0.3) is 0 Å².